The quantitative estimate of drug-likeness (QED) is 0.352. The van der Waals surface area contributed by atoms with Crippen molar-refractivity contribution in [3.8, 4) is 0 Å². The van der Waals surface area contributed by atoms with E-state index in [9.17, 15) is 0 Å². The summed E-state index contributed by atoms with van der Waals surface area (Å²) >= 11 is 0. The Kier molecular flexibility index (Phi) is 2.77. The van der Waals surface area contributed by atoms with Gasteiger partial charge in [-0.3, -0.25) is 4.90 Å². The van der Waals surface area contributed by atoms with Crippen molar-refractivity contribution in [2.24, 2.45) is 0 Å². The molecule has 6 heavy (non-hydrogen) atoms. The van der Waals surface area contributed by atoms with Gasteiger partial charge in [-0.05, 0) is 7.05 Å². The molecule has 0 N–H and O–H groups in total. The highest BCUT2D eigenvalue weighted by Gasteiger charge is 1.76. The highest BCUT2D eigenvalue weighted by molar-refractivity contribution is 4.69. The van der Waals surface area contributed by atoms with Crippen LogP contribution in [0, 0.1) is 7.05 Å². The summed E-state index contributed by atoms with van der Waals surface area (Å²) in [4.78, 5) is 1.56. The lowest BCUT2D eigenvalue weighted by Gasteiger charge is -2.00. The summed E-state index contributed by atoms with van der Waals surface area (Å²) in [5.41, 5.74) is 0. The molecule has 0 aromatic rings. The zero-order valence-corrected chi connectivity index (χ0v) is 4.02. The highest BCUT2D eigenvalue weighted by atomic mass is 15.0. The van der Waals surface area contributed by atoms with Gasteiger partial charge in [0.1, 0.15) is 0 Å². The smallest absolute Gasteiger partial charge is 0.0439 e. The van der Waals surface area contributed by atoms with Gasteiger partial charge in [0.05, 0.1) is 0 Å². The fourth-order valence-corrected chi connectivity index (χ4v) is 0.204. The van der Waals surface area contributed by atoms with Gasteiger partial charge in [0.15, 0.2) is 0 Å². The van der Waals surface area contributed by atoms with E-state index in [4.69, 9.17) is 7.05 Å². The zero-order chi connectivity index (χ0) is 4.99. The molecular weight excluding hydrogens is 74.1 g/mol. The largest absolute Gasteiger partial charge is 0.297 e. The molecule has 0 saturated carbocycles. The third-order valence-electron chi connectivity index (χ3n) is 0.417. The van der Waals surface area contributed by atoms with E-state index in [1.807, 2.05) is 0 Å². The van der Waals surface area contributed by atoms with E-state index < -0.39 is 0 Å². The molecule has 0 bridgehead atoms. The molecule has 34 valence electrons. The molecule has 1 heteroatoms. The van der Waals surface area contributed by atoms with Gasteiger partial charge in [0.2, 0.25) is 0 Å². The molecule has 1 nitrogen and oxygen atoms in total. The summed E-state index contributed by atoms with van der Waals surface area (Å²) < 4.78 is 0. The predicted octanol–water partition coefficient (Wildman–Crippen LogP) is 0.773. The molecule has 0 aliphatic heterocycles. The van der Waals surface area contributed by atoms with E-state index in [-0.39, 0.29) is 0 Å². The minimum absolute atomic E-state index is 0.750. The topological polar surface area (TPSA) is 3.24 Å². The summed E-state index contributed by atoms with van der Waals surface area (Å²) in [6, 6.07) is 0. The minimum Gasteiger partial charge on any atom is -0.297 e. The lowest BCUT2D eigenvalue weighted by Crippen LogP contribution is -2.06. The molecule has 0 rings (SSSR count). The first-order valence-corrected chi connectivity index (χ1v) is 1.84. The molecule has 0 saturated heterocycles. The molecule has 0 atom stereocenters. The van der Waals surface area contributed by atoms with Gasteiger partial charge in [-0.15, -0.1) is 6.58 Å². The molecule has 0 spiro atoms. The average Bonchev–Trinajstić information content (AvgIpc) is 1.35. The zero-order valence-electron chi connectivity index (χ0n) is 4.02. The second kappa shape index (κ2) is 2.91. The average molecular weight is 83.1 g/mol. The summed E-state index contributed by atoms with van der Waals surface area (Å²) in [5.74, 6) is 0. The van der Waals surface area contributed by atoms with E-state index in [2.05, 4.69) is 6.58 Å². The van der Waals surface area contributed by atoms with Gasteiger partial charge in [-0.25, -0.2) is 0 Å². The van der Waals surface area contributed by atoms with Crippen LogP contribution >= 0.6 is 0 Å². The standard InChI is InChI=1S/C5H9N/c1-4-5-6(2)3/h2,4H,1,5H2,3H3. The second-order valence-electron chi connectivity index (χ2n) is 1.23. The fraction of sp³-hybridized carbons (Fsp3) is 0.400. The fourth-order valence-electron chi connectivity index (χ4n) is 0.204. The highest BCUT2D eigenvalue weighted by Crippen LogP contribution is 1.72. The van der Waals surface area contributed by atoms with Crippen LogP contribution in [0.3, 0.4) is 0 Å². The van der Waals surface area contributed by atoms with Crippen LogP contribution in [0.15, 0.2) is 12.7 Å². The van der Waals surface area contributed by atoms with E-state index in [1.54, 1.807) is 18.0 Å². The summed E-state index contributed by atoms with van der Waals surface area (Å²) in [6.45, 7) is 4.23. The first kappa shape index (κ1) is 5.70. The first-order chi connectivity index (χ1) is 2.77. The van der Waals surface area contributed by atoms with Crippen molar-refractivity contribution in [2.75, 3.05) is 13.6 Å². The maximum Gasteiger partial charge on any atom is 0.0439 e. The number of hydrogen-bond donors (Lipinski definition) is 0. The van der Waals surface area contributed by atoms with Crippen LogP contribution < -0.4 is 0 Å². The van der Waals surface area contributed by atoms with Crippen LogP contribution in [-0.2, 0) is 0 Å². The van der Waals surface area contributed by atoms with Crippen LogP contribution in [0.25, 0.3) is 0 Å². The second-order valence-corrected chi connectivity index (χ2v) is 1.23. The van der Waals surface area contributed by atoms with Crippen molar-refractivity contribution in [1.29, 1.82) is 0 Å². The van der Waals surface area contributed by atoms with Crippen LogP contribution in [0.2, 0.25) is 0 Å². The Morgan fingerprint density at radius 3 is 2.50 bits per heavy atom. The normalized spacial score (nSPS) is 9.17. The third kappa shape index (κ3) is 3.70. The van der Waals surface area contributed by atoms with Gasteiger partial charge in [-0.2, -0.15) is 0 Å². The molecule has 2 radical (unpaired) electrons. The van der Waals surface area contributed by atoms with Crippen LogP contribution in [0.1, 0.15) is 0 Å². The lowest BCUT2D eigenvalue weighted by molar-refractivity contribution is 0.504. The molecule has 0 aliphatic carbocycles. The molecule has 0 amide bonds. The Morgan fingerprint density at radius 2 is 2.50 bits per heavy atom. The van der Waals surface area contributed by atoms with Crippen molar-refractivity contribution >= 4 is 0 Å². The van der Waals surface area contributed by atoms with Crippen LogP contribution in [0.5, 0.6) is 0 Å². The molecule has 0 aromatic carbocycles. The summed E-state index contributed by atoms with van der Waals surface area (Å²) in [5, 5.41) is 0. The SMILES string of the molecule is [CH]N(C)CC=C. The Bertz CT molecular complexity index is 39.2. The summed E-state index contributed by atoms with van der Waals surface area (Å²) in [7, 11) is 6.96. The van der Waals surface area contributed by atoms with Crippen LogP contribution in [-0.4, -0.2) is 18.5 Å². The third-order valence-corrected chi connectivity index (χ3v) is 0.417. The van der Waals surface area contributed by atoms with E-state index in [0.717, 1.165) is 6.54 Å². The van der Waals surface area contributed by atoms with Gasteiger partial charge >= 0.3 is 0 Å². The number of rotatable bonds is 2. The van der Waals surface area contributed by atoms with Crippen molar-refractivity contribution in [3.05, 3.63) is 19.7 Å². The lowest BCUT2D eigenvalue weighted by atomic mass is 10.6. The van der Waals surface area contributed by atoms with Crippen LogP contribution in [0.4, 0.5) is 0 Å². The molecule has 0 unspecified atom stereocenters. The van der Waals surface area contributed by atoms with Gasteiger partial charge in [-0.1, -0.05) is 6.08 Å². The van der Waals surface area contributed by atoms with Gasteiger partial charge in [0, 0.05) is 13.6 Å². The Hall–Kier alpha value is -0.300. The Morgan fingerprint density at radius 1 is 2.00 bits per heavy atom. The van der Waals surface area contributed by atoms with Crippen molar-refractivity contribution < 1.29 is 0 Å². The minimum atomic E-state index is 0.750. The summed E-state index contributed by atoms with van der Waals surface area (Å²) in [6.07, 6.45) is 1.75. The molecule has 0 aliphatic rings. The van der Waals surface area contributed by atoms with Crippen molar-refractivity contribution in [3.63, 3.8) is 0 Å². The maximum atomic E-state index is 5.16. The monoisotopic (exact) mass is 83.1 g/mol. The molecule has 0 aromatic heterocycles. The molecular formula is C5H9N. The number of likely N-dealkylation sites (N-methyl/N-ethyl adjacent to an activating group) is 1. The molecule has 0 heterocycles. The van der Waals surface area contributed by atoms with E-state index in [0.29, 0.717) is 0 Å². The first-order valence-electron chi connectivity index (χ1n) is 1.84. The van der Waals surface area contributed by atoms with Crippen molar-refractivity contribution in [1.82, 2.24) is 4.90 Å². The van der Waals surface area contributed by atoms with E-state index in [1.165, 1.54) is 0 Å². The van der Waals surface area contributed by atoms with Crippen molar-refractivity contribution in [2.45, 2.75) is 0 Å². The predicted molar refractivity (Wildman–Crippen MR) is 27.1 cm³/mol. The molecule has 0 fully saturated rings. The van der Waals surface area contributed by atoms with Gasteiger partial charge in [0.25, 0.3) is 0 Å². The van der Waals surface area contributed by atoms with E-state index >= 15 is 0 Å². The Balaban J connectivity index is 2.81. The van der Waals surface area contributed by atoms with Gasteiger partial charge < -0.3 is 0 Å². The maximum absolute atomic E-state index is 5.16. The Labute approximate surface area is 39.3 Å². The number of hydrogen-bond acceptors (Lipinski definition) is 1. The number of nitrogens with zero attached hydrogens (tertiary/aromatic N) is 1.